The summed E-state index contributed by atoms with van der Waals surface area (Å²) in [5.74, 6) is 2.11. The van der Waals surface area contributed by atoms with E-state index in [0.29, 0.717) is 18.3 Å². The van der Waals surface area contributed by atoms with E-state index in [0.717, 1.165) is 18.6 Å². The fraction of sp³-hybridized carbons (Fsp3) is 0.900. The Kier molecular flexibility index (Phi) is 8.30. The number of ether oxygens (including phenoxy) is 1. The van der Waals surface area contributed by atoms with Gasteiger partial charge in [-0.3, -0.25) is 4.79 Å². The molecule has 0 spiro atoms. The molecule has 3 heteroatoms. The second-order valence-corrected chi connectivity index (χ2v) is 4.51. The van der Waals surface area contributed by atoms with Gasteiger partial charge in [0.1, 0.15) is 0 Å². The summed E-state index contributed by atoms with van der Waals surface area (Å²) in [6.45, 7) is 6.96. The molecule has 0 rings (SSSR count). The largest absolute Gasteiger partial charge is 0.465 e. The fourth-order valence-corrected chi connectivity index (χ4v) is 1.59. The lowest BCUT2D eigenvalue weighted by Gasteiger charge is -2.05. The van der Waals surface area contributed by atoms with Crippen molar-refractivity contribution in [2.45, 2.75) is 33.6 Å². The third-order valence-corrected chi connectivity index (χ3v) is 2.77. The Bertz CT molecular complexity index is 135. The van der Waals surface area contributed by atoms with Crippen LogP contribution in [0.25, 0.3) is 0 Å². The quantitative estimate of drug-likeness (QED) is 0.471. The number of carbonyl (C=O) groups excluding carboxylic acids is 1. The van der Waals surface area contributed by atoms with Gasteiger partial charge in [0.2, 0.25) is 0 Å². The van der Waals surface area contributed by atoms with Crippen molar-refractivity contribution >= 4 is 17.7 Å². The Labute approximate surface area is 85.4 Å². The molecular formula is C10H20O2S. The molecule has 0 saturated carbocycles. The fourth-order valence-electron chi connectivity index (χ4n) is 0.750. The predicted octanol–water partition coefficient (Wildman–Crippen LogP) is 2.72. The van der Waals surface area contributed by atoms with Gasteiger partial charge in [0.25, 0.3) is 0 Å². The van der Waals surface area contributed by atoms with Crippen LogP contribution in [-0.4, -0.2) is 24.1 Å². The highest BCUT2D eigenvalue weighted by Crippen LogP contribution is 2.07. The van der Waals surface area contributed by atoms with Crippen molar-refractivity contribution in [2.24, 2.45) is 5.92 Å². The van der Waals surface area contributed by atoms with E-state index in [2.05, 4.69) is 20.8 Å². The highest BCUT2D eigenvalue weighted by atomic mass is 32.2. The van der Waals surface area contributed by atoms with Crippen LogP contribution in [0.15, 0.2) is 0 Å². The number of hydrogen-bond donors (Lipinski definition) is 0. The summed E-state index contributed by atoms with van der Waals surface area (Å²) >= 11 is 1.65. The van der Waals surface area contributed by atoms with Crippen LogP contribution >= 0.6 is 11.8 Å². The predicted molar refractivity (Wildman–Crippen MR) is 58.0 cm³/mol. The van der Waals surface area contributed by atoms with E-state index in [1.807, 2.05) is 0 Å². The van der Waals surface area contributed by atoms with E-state index >= 15 is 0 Å². The summed E-state index contributed by atoms with van der Waals surface area (Å²) in [4.78, 5) is 11.1. The second-order valence-electron chi connectivity index (χ2n) is 3.48. The van der Waals surface area contributed by atoms with Crippen LogP contribution in [-0.2, 0) is 9.53 Å². The highest BCUT2D eigenvalue weighted by molar-refractivity contribution is 7.99. The van der Waals surface area contributed by atoms with Gasteiger partial charge in [-0.15, -0.1) is 11.8 Å². The second kappa shape index (κ2) is 8.42. The van der Waals surface area contributed by atoms with E-state index in [1.54, 1.807) is 11.8 Å². The molecule has 0 heterocycles. The zero-order valence-corrected chi connectivity index (χ0v) is 9.65. The minimum atomic E-state index is -0.0703. The molecule has 0 N–H and O–H groups in total. The van der Waals surface area contributed by atoms with E-state index in [-0.39, 0.29) is 5.97 Å². The average Bonchev–Trinajstić information content (AvgIpc) is 2.04. The van der Waals surface area contributed by atoms with E-state index < -0.39 is 0 Å². The molecular weight excluding hydrogens is 184 g/mol. The third kappa shape index (κ3) is 9.74. The van der Waals surface area contributed by atoms with Crippen LogP contribution in [0, 0.1) is 5.92 Å². The summed E-state index contributed by atoms with van der Waals surface area (Å²) in [5.41, 5.74) is 0. The maximum Gasteiger partial charge on any atom is 0.315 e. The summed E-state index contributed by atoms with van der Waals surface area (Å²) in [5, 5.41) is 0. The average molecular weight is 204 g/mol. The Balaban J connectivity index is 3.20. The minimum absolute atomic E-state index is 0.0703. The van der Waals surface area contributed by atoms with Gasteiger partial charge in [-0.2, -0.15) is 0 Å². The molecule has 0 radical (unpaired) electrons. The Morgan fingerprint density at radius 1 is 1.46 bits per heavy atom. The number of thioether (sulfide) groups is 1. The molecule has 0 aromatic rings. The first-order valence-corrected chi connectivity index (χ1v) is 6.05. The third-order valence-electron chi connectivity index (χ3n) is 1.43. The van der Waals surface area contributed by atoms with Crippen LogP contribution < -0.4 is 0 Å². The number of carbonyl (C=O) groups is 1. The summed E-state index contributed by atoms with van der Waals surface area (Å²) in [6.07, 6.45) is 2.05. The topological polar surface area (TPSA) is 26.3 Å². The van der Waals surface area contributed by atoms with Crippen molar-refractivity contribution in [3.05, 3.63) is 0 Å². The van der Waals surface area contributed by atoms with Crippen LogP contribution in [0.2, 0.25) is 0 Å². The van der Waals surface area contributed by atoms with Crippen molar-refractivity contribution in [1.82, 2.24) is 0 Å². The zero-order valence-electron chi connectivity index (χ0n) is 8.84. The smallest absolute Gasteiger partial charge is 0.315 e. The van der Waals surface area contributed by atoms with E-state index in [1.165, 1.54) is 0 Å². The first-order chi connectivity index (χ1) is 6.16. The molecule has 0 bridgehead atoms. The van der Waals surface area contributed by atoms with Crippen molar-refractivity contribution in [2.75, 3.05) is 18.1 Å². The maximum absolute atomic E-state index is 11.1. The summed E-state index contributed by atoms with van der Waals surface area (Å²) in [7, 11) is 0. The molecule has 0 saturated heterocycles. The lowest BCUT2D eigenvalue weighted by molar-refractivity contribution is -0.140. The molecule has 0 aliphatic rings. The summed E-state index contributed by atoms with van der Waals surface area (Å²) < 4.78 is 5.00. The van der Waals surface area contributed by atoms with Gasteiger partial charge in [-0.1, -0.05) is 27.2 Å². The standard InChI is InChI=1S/C10H20O2S/c1-4-5-6-12-10(11)8-13-7-9(2)3/h9H,4-8H2,1-3H3. The van der Waals surface area contributed by atoms with Crippen molar-refractivity contribution in [3.63, 3.8) is 0 Å². The van der Waals surface area contributed by atoms with Crippen molar-refractivity contribution in [1.29, 1.82) is 0 Å². The summed E-state index contributed by atoms with van der Waals surface area (Å²) in [6, 6.07) is 0. The molecule has 0 aromatic heterocycles. The Hall–Kier alpha value is -0.180. The molecule has 0 aliphatic heterocycles. The van der Waals surface area contributed by atoms with E-state index in [9.17, 15) is 4.79 Å². The monoisotopic (exact) mass is 204 g/mol. The lowest BCUT2D eigenvalue weighted by atomic mass is 10.3. The molecule has 0 atom stereocenters. The van der Waals surface area contributed by atoms with Crippen LogP contribution in [0.4, 0.5) is 0 Å². The van der Waals surface area contributed by atoms with Crippen LogP contribution in [0.1, 0.15) is 33.6 Å². The van der Waals surface area contributed by atoms with Gasteiger partial charge in [0, 0.05) is 0 Å². The number of rotatable bonds is 7. The highest BCUT2D eigenvalue weighted by Gasteiger charge is 2.03. The number of esters is 1. The van der Waals surface area contributed by atoms with Gasteiger partial charge < -0.3 is 4.74 Å². The van der Waals surface area contributed by atoms with Crippen molar-refractivity contribution < 1.29 is 9.53 Å². The molecule has 0 unspecified atom stereocenters. The van der Waals surface area contributed by atoms with Gasteiger partial charge in [0.15, 0.2) is 0 Å². The van der Waals surface area contributed by atoms with E-state index in [4.69, 9.17) is 4.74 Å². The van der Waals surface area contributed by atoms with Crippen LogP contribution in [0.3, 0.4) is 0 Å². The molecule has 0 amide bonds. The molecule has 2 nitrogen and oxygen atoms in total. The first kappa shape index (κ1) is 12.8. The number of hydrogen-bond acceptors (Lipinski definition) is 3. The zero-order chi connectivity index (χ0) is 10.1. The molecule has 0 aromatic carbocycles. The first-order valence-electron chi connectivity index (χ1n) is 4.90. The molecule has 0 aliphatic carbocycles. The number of unbranched alkanes of at least 4 members (excludes halogenated alkanes) is 1. The molecule has 0 fully saturated rings. The van der Waals surface area contributed by atoms with Gasteiger partial charge >= 0.3 is 5.97 Å². The maximum atomic E-state index is 11.1. The van der Waals surface area contributed by atoms with Gasteiger partial charge in [0.05, 0.1) is 12.4 Å². The SMILES string of the molecule is CCCCOC(=O)CSCC(C)C. The van der Waals surface area contributed by atoms with Crippen LogP contribution in [0.5, 0.6) is 0 Å². The minimum Gasteiger partial charge on any atom is -0.465 e. The van der Waals surface area contributed by atoms with Gasteiger partial charge in [-0.05, 0) is 18.1 Å². The molecule has 78 valence electrons. The lowest BCUT2D eigenvalue weighted by Crippen LogP contribution is -2.09. The van der Waals surface area contributed by atoms with Gasteiger partial charge in [-0.25, -0.2) is 0 Å². The Morgan fingerprint density at radius 3 is 2.69 bits per heavy atom. The normalized spacial score (nSPS) is 10.5. The van der Waals surface area contributed by atoms with Crippen molar-refractivity contribution in [3.8, 4) is 0 Å². The molecule has 13 heavy (non-hydrogen) atoms. The Morgan fingerprint density at radius 2 is 2.15 bits per heavy atom.